The number of carbonyl (C=O) groups excluding carboxylic acids is 1. The molecule has 1 fully saturated rings. The fourth-order valence-electron chi connectivity index (χ4n) is 3.71. The zero-order valence-electron chi connectivity index (χ0n) is 15.5. The highest BCUT2D eigenvalue weighted by Crippen LogP contribution is 2.29. The van der Waals surface area contributed by atoms with Gasteiger partial charge in [-0.2, -0.15) is 5.10 Å². The third-order valence-corrected chi connectivity index (χ3v) is 5.13. The monoisotopic (exact) mass is 352 g/mol. The first kappa shape index (κ1) is 16.7. The molecule has 1 aromatic carbocycles. The number of aromatic nitrogens is 3. The summed E-state index contributed by atoms with van der Waals surface area (Å²) in [5.74, 6) is 0.979. The number of ether oxygens (including phenoxy) is 1. The number of hydrogen-bond donors (Lipinski definition) is 0. The minimum atomic E-state index is 0.0525. The zero-order chi connectivity index (χ0) is 18.3. The lowest BCUT2D eigenvalue weighted by atomic mass is 10.1. The molecule has 0 spiro atoms. The Labute approximate surface area is 153 Å². The summed E-state index contributed by atoms with van der Waals surface area (Å²) < 4.78 is 10.0. The second kappa shape index (κ2) is 6.52. The molecule has 3 aromatic rings. The number of hydrogen-bond acceptors (Lipinski definition) is 3. The number of benzene rings is 1. The summed E-state index contributed by atoms with van der Waals surface area (Å²) in [6, 6.07) is 10.1. The molecule has 6 heteroatoms. The van der Waals surface area contributed by atoms with E-state index in [1.807, 2.05) is 44.1 Å². The van der Waals surface area contributed by atoms with E-state index in [0.717, 1.165) is 29.7 Å². The Morgan fingerprint density at radius 2 is 1.96 bits per heavy atom. The van der Waals surface area contributed by atoms with Gasteiger partial charge in [0, 0.05) is 51.6 Å². The Kier molecular flexibility index (Phi) is 4.18. The molecule has 6 nitrogen and oxygen atoms in total. The van der Waals surface area contributed by atoms with Gasteiger partial charge in [-0.25, -0.2) is 0 Å². The predicted molar refractivity (Wildman–Crippen MR) is 100 cm³/mol. The van der Waals surface area contributed by atoms with Crippen molar-refractivity contribution in [2.45, 2.75) is 25.9 Å². The van der Waals surface area contributed by atoms with Gasteiger partial charge in [0.05, 0.1) is 11.2 Å². The number of fused-ring (bicyclic) bond motifs is 1. The Hall–Kier alpha value is -2.76. The molecule has 1 amide bonds. The van der Waals surface area contributed by atoms with Crippen molar-refractivity contribution in [3.8, 4) is 5.75 Å². The Balaban J connectivity index is 1.42. The number of carbonyl (C=O) groups is 1. The van der Waals surface area contributed by atoms with Crippen molar-refractivity contribution in [1.82, 2.24) is 19.2 Å². The Morgan fingerprint density at radius 3 is 2.65 bits per heavy atom. The van der Waals surface area contributed by atoms with Crippen LogP contribution in [0, 0.1) is 6.92 Å². The predicted octanol–water partition coefficient (Wildman–Crippen LogP) is 2.90. The number of rotatable bonds is 3. The van der Waals surface area contributed by atoms with E-state index in [4.69, 9.17) is 4.74 Å². The maximum atomic E-state index is 12.7. The SMILES string of the molecule is Cc1cc(C(=O)N2CCC(Oc3cccc4c3ccn4C)CC2)n(C)n1. The first-order chi connectivity index (χ1) is 12.5. The lowest BCUT2D eigenvalue weighted by molar-refractivity contribution is 0.0588. The zero-order valence-corrected chi connectivity index (χ0v) is 15.5. The quantitative estimate of drug-likeness (QED) is 0.728. The number of nitrogens with zero attached hydrogens (tertiary/aromatic N) is 4. The molecule has 0 N–H and O–H groups in total. The molecular formula is C20H24N4O2. The van der Waals surface area contributed by atoms with E-state index in [0.29, 0.717) is 18.8 Å². The highest BCUT2D eigenvalue weighted by Gasteiger charge is 2.26. The van der Waals surface area contributed by atoms with Crippen molar-refractivity contribution in [2.75, 3.05) is 13.1 Å². The lowest BCUT2D eigenvalue weighted by Crippen LogP contribution is -2.42. The van der Waals surface area contributed by atoms with Gasteiger partial charge >= 0.3 is 0 Å². The van der Waals surface area contributed by atoms with E-state index in [2.05, 4.69) is 28.0 Å². The summed E-state index contributed by atoms with van der Waals surface area (Å²) in [5, 5.41) is 5.41. The van der Waals surface area contributed by atoms with Gasteiger partial charge in [-0.15, -0.1) is 0 Å². The molecular weight excluding hydrogens is 328 g/mol. The first-order valence-electron chi connectivity index (χ1n) is 9.03. The molecule has 0 bridgehead atoms. The van der Waals surface area contributed by atoms with Crippen molar-refractivity contribution in [1.29, 1.82) is 0 Å². The van der Waals surface area contributed by atoms with E-state index in [1.54, 1.807) is 4.68 Å². The third-order valence-electron chi connectivity index (χ3n) is 5.13. The number of aryl methyl sites for hydroxylation is 3. The average molecular weight is 352 g/mol. The molecule has 1 aliphatic heterocycles. The van der Waals surface area contributed by atoms with Crippen LogP contribution in [0.15, 0.2) is 36.5 Å². The fourth-order valence-corrected chi connectivity index (χ4v) is 3.71. The molecule has 0 radical (unpaired) electrons. The molecule has 1 aliphatic rings. The molecule has 136 valence electrons. The van der Waals surface area contributed by atoms with Gasteiger partial charge in [-0.3, -0.25) is 9.48 Å². The van der Waals surface area contributed by atoms with Crippen molar-refractivity contribution in [3.63, 3.8) is 0 Å². The normalized spacial score (nSPS) is 15.6. The fraction of sp³-hybridized carbons (Fsp3) is 0.400. The van der Waals surface area contributed by atoms with Crippen molar-refractivity contribution in [2.24, 2.45) is 14.1 Å². The van der Waals surface area contributed by atoms with Crippen molar-refractivity contribution >= 4 is 16.8 Å². The molecule has 0 aliphatic carbocycles. The van der Waals surface area contributed by atoms with Gasteiger partial charge < -0.3 is 14.2 Å². The van der Waals surface area contributed by atoms with Crippen LogP contribution in [-0.2, 0) is 14.1 Å². The van der Waals surface area contributed by atoms with E-state index in [9.17, 15) is 4.79 Å². The molecule has 26 heavy (non-hydrogen) atoms. The topological polar surface area (TPSA) is 52.3 Å². The summed E-state index contributed by atoms with van der Waals surface area (Å²) in [6.45, 7) is 3.32. The minimum absolute atomic E-state index is 0.0525. The highest BCUT2D eigenvalue weighted by atomic mass is 16.5. The third kappa shape index (κ3) is 2.96. The maximum Gasteiger partial charge on any atom is 0.272 e. The van der Waals surface area contributed by atoms with Crippen molar-refractivity contribution in [3.05, 3.63) is 47.9 Å². The smallest absolute Gasteiger partial charge is 0.272 e. The second-order valence-electron chi connectivity index (χ2n) is 7.02. The van der Waals surface area contributed by atoms with Gasteiger partial charge in [0.1, 0.15) is 17.5 Å². The summed E-state index contributed by atoms with van der Waals surface area (Å²) >= 11 is 0. The van der Waals surface area contributed by atoms with Gasteiger partial charge in [0.25, 0.3) is 5.91 Å². The molecule has 0 atom stereocenters. The summed E-state index contributed by atoms with van der Waals surface area (Å²) in [4.78, 5) is 14.6. The van der Waals surface area contributed by atoms with Crippen LogP contribution >= 0.6 is 0 Å². The highest BCUT2D eigenvalue weighted by molar-refractivity contribution is 5.92. The molecule has 3 heterocycles. The summed E-state index contributed by atoms with van der Waals surface area (Å²) in [5.41, 5.74) is 2.68. The summed E-state index contributed by atoms with van der Waals surface area (Å²) in [7, 11) is 3.85. The molecule has 1 saturated heterocycles. The number of likely N-dealkylation sites (tertiary alicyclic amines) is 1. The molecule has 0 saturated carbocycles. The second-order valence-corrected chi connectivity index (χ2v) is 7.02. The maximum absolute atomic E-state index is 12.7. The van der Waals surface area contributed by atoms with Crippen LogP contribution in [0.4, 0.5) is 0 Å². The van der Waals surface area contributed by atoms with Gasteiger partial charge in [-0.1, -0.05) is 6.07 Å². The minimum Gasteiger partial charge on any atom is -0.490 e. The Bertz CT molecular complexity index is 948. The first-order valence-corrected chi connectivity index (χ1v) is 9.03. The van der Waals surface area contributed by atoms with Crippen LogP contribution < -0.4 is 4.74 Å². The van der Waals surface area contributed by atoms with Crippen LogP contribution in [0.5, 0.6) is 5.75 Å². The van der Waals surface area contributed by atoms with E-state index in [-0.39, 0.29) is 12.0 Å². The van der Waals surface area contributed by atoms with Crippen molar-refractivity contribution < 1.29 is 9.53 Å². The summed E-state index contributed by atoms with van der Waals surface area (Å²) in [6.07, 6.45) is 3.87. The van der Waals surface area contributed by atoms with Crippen LogP contribution in [-0.4, -0.2) is 44.3 Å². The van der Waals surface area contributed by atoms with Gasteiger partial charge in [0.2, 0.25) is 0 Å². The number of piperidine rings is 1. The van der Waals surface area contributed by atoms with Crippen LogP contribution in [0.2, 0.25) is 0 Å². The Morgan fingerprint density at radius 1 is 1.19 bits per heavy atom. The average Bonchev–Trinajstić information content (AvgIpc) is 3.18. The molecule has 2 aromatic heterocycles. The number of amides is 1. The van der Waals surface area contributed by atoms with Gasteiger partial charge in [-0.05, 0) is 31.2 Å². The van der Waals surface area contributed by atoms with E-state index < -0.39 is 0 Å². The van der Waals surface area contributed by atoms with Crippen LogP contribution in [0.1, 0.15) is 29.0 Å². The molecule has 4 rings (SSSR count). The largest absolute Gasteiger partial charge is 0.490 e. The lowest BCUT2D eigenvalue weighted by Gasteiger charge is -2.32. The van der Waals surface area contributed by atoms with E-state index in [1.165, 1.54) is 5.52 Å². The standard InChI is InChI=1S/C20H24N4O2/c1-14-13-18(23(3)21-14)20(25)24-11-7-15(8-12-24)26-19-6-4-5-17-16(19)9-10-22(17)2/h4-6,9-10,13,15H,7-8,11-12H2,1-3H3. The van der Waals surface area contributed by atoms with Crippen LogP contribution in [0.25, 0.3) is 10.9 Å². The molecule has 0 unspecified atom stereocenters. The van der Waals surface area contributed by atoms with Crippen LogP contribution in [0.3, 0.4) is 0 Å². The van der Waals surface area contributed by atoms with Gasteiger partial charge in [0.15, 0.2) is 0 Å². The van der Waals surface area contributed by atoms with E-state index >= 15 is 0 Å².